The molecule has 0 atom stereocenters. The number of hydrogen-bond acceptors (Lipinski definition) is 5. The van der Waals surface area contributed by atoms with Crippen LogP contribution in [0, 0.1) is 0 Å². The molecule has 2 N–H and O–H groups in total. The summed E-state index contributed by atoms with van der Waals surface area (Å²) in [5.74, 6) is -0.140. The van der Waals surface area contributed by atoms with Crippen LogP contribution in [0.15, 0.2) is 36.5 Å². The van der Waals surface area contributed by atoms with Crippen molar-refractivity contribution in [1.29, 1.82) is 0 Å². The lowest BCUT2D eigenvalue weighted by Crippen LogP contribution is -2.35. The first-order valence-electron chi connectivity index (χ1n) is 11.0. The van der Waals surface area contributed by atoms with Crippen LogP contribution in [-0.2, 0) is 6.18 Å². The Kier molecular flexibility index (Phi) is 8.49. The predicted molar refractivity (Wildman–Crippen MR) is 126 cm³/mol. The van der Waals surface area contributed by atoms with E-state index in [1.54, 1.807) is 18.3 Å². The van der Waals surface area contributed by atoms with Crippen molar-refractivity contribution in [3.8, 4) is 5.75 Å². The molecule has 178 valence electrons. The largest absolute Gasteiger partial charge is 0.493 e. The summed E-state index contributed by atoms with van der Waals surface area (Å²) in [6.45, 7) is 3.84. The van der Waals surface area contributed by atoms with E-state index in [4.69, 9.17) is 17.0 Å². The van der Waals surface area contributed by atoms with Crippen molar-refractivity contribution in [3.05, 3.63) is 47.7 Å². The van der Waals surface area contributed by atoms with Gasteiger partial charge in [0.1, 0.15) is 11.6 Å². The van der Waals surface area contributed by atoms with E-state index in [9.17, 15) is 18.0 Å². The smallest absolute Gasteiger partial charge is 0.420 e. The number of benzene rings is 1. The molecule has 6 nitrogen and oxygen atoms in total. The number of carbonyl (C=O) groups excluding carboxylic acids is 1. The molecule has 0 radical (unpaired) electrons. The highest BCUT2D eigenvalue weighted by Crippen LogP contribution is 2.38. The summed E-state index contributed by atoms with van der Waals surface area (Å²) in [6, 6.07) is 6.91. The summed E-state index contributed by atoms with van der Waals surface area (Å²) in [4.78, 5) is 19.1. The van der Waals surface area contributed by atoms with Crippen LogP contribution in [0.4, 0.5) is 24.7 Å². The molecule has 1 aliphatic heterocycles. The Morgan fingerprint density at radius 3 is 2.67 bits per heavy atom. The van der Waals surface area contributed by atoms with Crippen LogP contribution in [0.25, 0.3) is 0 Å². The number of ether oxygens (including phenoxy) is 1. The zero-order valence-corrected chi connectivity index (χ0v) is 19.2. The Morgan fingerprint density at radius 2 is 1.97 bits per heavy atom. The van der Waals surface area contributed by atoms with Gasteiger partial charge in [0.05, 0.1) is 17.7 Å². The Hall–Kier alpha value is -2.88. The van der Waals surface area contributed by atoms with Gasteiger partial charge in [-0.25, -0.2) is 4.98 Å². The molecule has 0 saturated carbocycles. The maximum absolute atomic E-state index is 13.5. The molecular formula is C23H27F3N4O2S. The minimum atomic E-state index is -4.59. The number of pyridine rings is 1. The number of carbonyl (C=O) groups is 1. The molecule has 1 aromatic heterocycles. The second kappa shape index (κ2) is 11.3. The van der Waals surface area contributed by atoms with Gasteiger partial charge >= 0.3 is 6.18 Å². The van der Waals surface area contributed by atoms with E-state index in [1.165, 1.54) is 12.1 Å². The number of aromatic nitrogens is 1. The highest BCUT2D eigenvalue weighted by atomic mass is 32.1. The van der Waals surface area contributed by atoms with Crippen LogP contribution in [0.3, 0.4) is 0 Å². The number of anilines is 2. The first kappa shape index (κ1) is 24.8. The van der Waals surface area contributed by atoms with E-state index in [0.717, 1.165) is 44.8 Å². The number of nitrogens with one attached hydrogen (secondary N) is 2. The van der Waals surface area contributed by atoms with Crippen molar-refractivity contribution in [2.75, 3.05) is 29.9 Å². The van der Waals surface area contributed by atoms with Crippen molar-refractivity contribution in [1.82, 2.24) is 10.3 Å². The third-order valence-corrected chi connectivity index (χ3v) is 5.42. The quantitative estimate of drug-likeness (QED) is 0.390. The first-order chi connectivity index (χ1) is 15.8. The number of alkyl halides is 3. The molecule has 1 amide bonds. The number of halogens is 3. The molecule has 1 aliphatic rings. The molecule has 1 aromatic carbocycles. The fraction of sp³-hybridized carbons (Fsp3) is 0.435. The van der Waals surface area contributed by atoms with Crippen molar-refractivity contribution in [3.63, 3.8) is 0 Å². The van der Waals surface area contributed by atoms with Crippen LogP contribution >= 0.6 is 12.2 Å². The van der Waals surface area contributed by atoms with Gasteiger partial charge < -0.3 is 15.0 Å². The normalized spacial score (nSPS) is 13.6. The standard InChI is InChI=1S/C23H27F3N4O2S/c1-2-3-6-14-32-19-10-9-16(15-18(19)23(24,25)26)28-22(33)29-21(31)17-8-7-11-27-20(17)30-12-4-5-13-30/h7-11,15H,2-6,12-14H2,1H3,(H2,28,29,31,33). The average Bonchev–Trinajstić information content (AvgIpc) is 3.31. The Morgan fingerprint density at radius 1 is 1.21 bits per heavy atom. The zero-order chi connectivity index (χ0) is 23.8. The van der Waals surface area contributed by atoms with E-state index in [-0.39, 0.29) is 23.2 Å². The van der Waals surface area contributed by atoms with Crippen molar-refractivity contribution in [2.24, 2.45) is 0 Å². The lowest BCUT2D eigenvalue weighted by molar-refractivity contribution is -0.138. The third-order valence-electron chi connectivity index (χ3n) is 5.21. The highest BCUT2D eigenvalue weighted by molar-refractivity contribution is 7.80. The molecule has 3 rings (SSSR count). The lowest BCUT2D eigenvalue weighted by Gasteiger charge is -2.20. The molecule has 10 heteroatoms. The van der Waals surface area contributed by atoms with Gasteiger partial charge in [-0.1, -0.05) is 19.8 Å². The number of hydrogen-bond donors (Lipinski definition) is 2. The van der Waals surface area contributed by atoms with Gasteiger partial charge in [-0.05, 0) is 61.8 Å². The summed E-state index contributed by atoms with van der Waals surface area (Å²) in [5, 5.41) is 5.08. The van der Waals surface area contributed by atoms with E-state index in [0.29, 0.717) is 17.8 Å². The maximum Gasteiger partial charge on any atom is 0.420 e. The fourth-order valence-electron chi connectivity index (χ4n) is 3.58. The molecule has 1 fully saturated rings. The lowest BCUT2D eigenvalue weighted by atomic mass is 10.1. The van der Waals surface area contributed by atoms with E-state index in [1.807, 2.05) is 11.8 Å². The highest BCUT2D eigenvalue weighted by Gasteiger charge is 2.35. The maximum atomic E-state index is 13.5. The Balaban J connectivity index is 1.68. The van der Waals surface area contributed by atoms with Crippen LogP contribution in [0.1, 0.15) is 54.9 Å². The zero-order valence-electron chi connectivity index (χ0n) is 18.4. The molecule has 0 unspecified atom stereocenters. The van der Waals surface area contributed by atoms with Crippen molar-refractivity contribution >= 4 is 34.7 Å². The van der Waals surface area contributed by atoms with Crippen LogP contribution in [0.2, 0.25) is 0 Å². The molecular weight excluding hydrogens is 453 g/mol. The molecule has 2 aromatic rings. The minimum absolute atomic E-state index is 0.0967. The average molecular weight is 481 g/mol. The number of unbranched alkanes of at least 4 members (excludes halogenated alkanes) is 2. The van der Waals surface area contributed by atoms with Gasteiger partial charge in [-0.2, -0.15) is 13.2 Å². The third kappa shape index (κ3) is 6.80. The SMILES string of the molecule is CCCCCOc1ccc(NC(=S)NC(=O)c2cccnc2N2CCCC2)cc1C(F)(F)F. The monoisotopic (exact) mass is 480 g/mol. The summed E-state index contributed by atoms with van der Waals surface area (Å²) >= 11 is 5.17. The van der Waals surface area contributed by atoms with Crippen molar-refractivity contribution < 1.29 is 22.7 Å². The number of thiocarbonyl (C=S) groups is 1. The van der Waals surface area contributed by atoms with Gasteiger partial charge in [0.25, 0.3) is 5.91 Å². The van der Waals surface area contributed by atoms with Gasteiger partial charge in [0.2, 0.25) is 0 Å². The van der Waals surface area contributed by atoms with Gasteiger partial charge in [0.15, 0.2) is 5.11 Å². The van der Waals surface area contributed by atoms with Gasteiger partial charge in [-0.15, -0.1) is 0 Å². The fourth-order valence-corrected chi connectivity index (χ4v) is 3.79. The summed E-state index contributed by atoms with van der Waals surface area (Å²) < 4.78 is 46.0. The second-order valence-electron chi connectivity index (χ2n) is 7.74. The predicted octanol–water partition coefficient (Wildman–Crippen LogP) is 5.40. The summed E-state index contributed by atoms with van der Waals surface area (Å²) in [6.07, 6.45) is 1.58. The summed E-state index contributed by atoms with van der Waals surface area (Å²) in [7, 11) is 0. The molecule has 0 bridgehead atoms. The summed E-state index contributed by atoms with van der Waals surface area (Å²) in [5.41, 5.74) is -0.448. The first-order valence-corrected chi connectivity index (χ1v) is 11.4. The number of rotatable bonds is 8. The number of nitrogens with zero attached hydrogens (tertiary/aromatic N) is 2. The Labute approximate surface area is 196 Å². The number of amides is 1. The van der Waals surface area contributed by atoms with E-state index >= 15 is 0 Å². The van der Waals surface area contributed by atoms with E-state index < -0.39 is 17.6 Å². The van der Waals surface area contributed by atoms with Gasteiger partial charge in [0, 0.05) is 25.0 Å². The van der Waals surface area contributed by atoms with Crippen molar-refractivity contribution in [2.45, 2.75) is 45.2 Å². The topological polar surface area (TPSA) is 66.5 Å². The molecule has 1 saturated heterocycles. The molecule has 33 heavy (non-hydrogen) atoms. The van der Waals surface area contributed by atoms with Crippen LogP contribution < -0.4 is 20.3 Å². The molecule has 0 spiro atoms. The minimum Gasteiger partial charge on any atom is -0.493 e. The van der Waals surface area contributed by atoms with Crippen LogP contribution in [0.5, 0.6) is 5.75 Å². The second-order valence-corrected chi connectivity index (χ2v) is 8.15. The molecule has 0 aliphatic carbocycles. The van der Waals surface area contributed by atoms with Crippen LogP contribution in [-0.4, -0.2) is 35.7 Å². The Bertz CT molecular complexity index is 978. The van der Waals surface area contributed by atoms with Gasteiger partial charge in [-0.3, -0.25) is 10.1 Å². The molecule has 2 heterocycles. The van der Waals surface area contributed by atoms with E-state index in [2.05, 4.69) is 15.6 Å².